The predicted molar refractivity (Wildman–Crippen MR) is 360 cm³/mol. The van der Waals surface area contributed by atoms with Gasteiger partial charge in [0.25, 0.3) is 0 Å². The van der Waals surface area contributed by atoms with E-state index in [0.29, 0.717) is 56.0 Å². The summed E-state index contributed by atoms with van der Waals surface area (Å²) in [4.78, 5) is 57.1. The molecule has 0 spiro atoms. The van der Waals surface area contributed by atoms with Gasteiger partial charge in [-0.3, -0.25) is 19.2 Å². The first kappa shape index (κ1) is 66.2. The zero-order valence-electron chi connectivity index (χ0n) is 47.6. The number of allylic oxidation sites excluding steroid dienone is 1. The van der Waals surface area contributed by atoms with Crippen molar-refractivity contribution in [3.8, 4) is 51.6 Å². The highest BCUT2D eigenvalue weighted by molar-refractivity contribution is 9.11. The molecule has 0 atom stereocenters. The zero-order valence-corrected chi connectivity index (χ0v) is 53.9. The summed E-state index contributed by atoms with van der Waals surface area (Å²) >= 11 is 13.3. The lowest BCUT2D eigenvalue weighted by atomic mass is 10.0. The number of aliphatic carboxylic acids is 1. The monoisotopic (exact) mass is 1430 g/mol. The molecule has 0 radical (unpaired) electrons. The molecule has 11 aromatic rings. The number of hydrogen-bond acceptors (Lipinski definition) is 13. The van der Waals surface area contributed by atoms with Crippen LogP contribution < -0.4 is 24.4 Å². The molecule has 446 valence electrons. The van der Waals surface area contributed by atoms with E-state index in [2.05, 4.69) is 63.7 Å². The number of aldehydes is 1. The van der Waals surface area contributed by atoms with Gasteiger partial charge < -0.3 is 43.8 Å². The average Bonchev–Trinajstić information content (AvgIpc) is 3.69. The molecule has 0 saturated carbocycles. The Kier molecular flexibility index (Phi) is 23.6. The van der Waals surface area contributed by atoms with E-state index in [1.807, 2.05) is 115 Å². The number of hydrogen-bond donors (Lipinski definition) is 4. The zero-order chi connectivity index (χ0) is 63.6. The Morgan fingerprint density at radius 1 is 0.455 bits per heavy atom. The van der Waals surface area contributed by atoms with Gasteiger partial charge in [0.1, 0.15) is 40.1 Å². The van der Waals surface area contributed by atoms with Crippen molar-refractivity contribution in [2.45, 2.75) is 6.92 Å². The van der Waals surface area contributed by atoms with Gasteiger partial charge in [-0.1, -0.05) is 155 Å². The number of halogens is 4. The fourth-order valence-electron chi connectivity index (χ4n) is 8.83. The number of carbonyl (C=O) groups is 4. The van der Waals surface area contributed by atoms with Crippen molar-refractivity contribution in [3.05, 3.63) is 250 Å². The summed E-state index contributed by atoms with van der Waals surface area (Å²) in [5.41, 5.74) is 3.19. The quantitative estimate of drug-likeness (QED) is 0.0387. The molecular weight excluding hydrogens is 1380 g/mol. The van der Waals surface area contributed by atoms with E-state index in [9.17, 15) is 39.3 Å². The minimum absolute atomic E-state index is 0.00366. The average molecular weight is 1440 g/mol. The molecule has 0 fully saturated rings. The number of fused-ring (bicyclic) bond motifs is 5. The molecule has 0 saturated heterocycles. The van der Waals surface area contributed by atoms with Gasteiger partial charge >= 0.3 is 5.97 Å². The summed E-state index contributed by atoms with van der Waals surface area (Å²) in [6.45, 7) is 1.45. The number of Topliss-reactive ketones (excluding diaryl/α,β-unsaturated/α-hetero) is 1. The van der Waals surface area contributed by atoms with E-state index >= 15 is 0 Å². The second-order valence-corrected chi connectivity index (χ2v) is 22.3. The molecule has 0 aliphatic rings. The van der Waals surface area contributed by atoms with Crippen molar-refractivity contribution in [2.24, 2.45) is 0 Å². The smallest absolute Gasteiger partial charge is 0.328 e. The number of aromatic hydroxyl groups is 3. The first-order chi connectivity index (χ1) is 42.3. The summed E-state index contributed by atoms with van der Waals surface area (Å²) in [6.07, 6.45) is 6.45. The SMILES string of the molecule is CC(=O)c1ccc2ccccc2c1O.COc1ccc(Br)cc1-c1oc2c(ccc3ccccc32)c(=O)c1O.COc1ccc(Br)cc1/C=C/C(=O)O.COc1ccc(Br)cc1/C=C/C(=O)c1ccc2ccccc2c1O.COc1ccc(Br)cc1C=O. The lowest BCUT2D eigenvalue weighted by molar-refractivity contribution is -0.131. The number of rotatable bonds is 12. The number of carbonyl (C=O) groups excluding carboxylic acids is 3. The maximum absolute atomic E-state index is 12.7. The van der Waals surface area contributed by atoms with Crippen LogP contribution in [0.1, 0.15) is 49.1 Å². The van der Waals surface area contributed by atoms with Gasteiger partial charge in [0.15, 0.2) is 23.6 Å². The maximum Gasteiger partial charge on any atom is 0.328 e. The molecule has 1 aromatic heterocycles. The van der Waals surface area contributed by atoms with Gasteiger partial charge in [-0.2, -0.15) is 0 Å². The minimum atomic E-state index is -0.980. The lowest BCUT2D eigenvalue weighted by Crippen LogP contribution is -2.03. The van der Waals surface area contributed by atoms with Gasteiger partial charge in [-0.05, 0) is 132 Å². The summed E-state index contributed by atoms with van der Waals surface area (Å²) in [5, 5.41) is 44.4. The third-order valence-corrected chi connectivity index (χ3v) is 15.1. The van der Waals surface area contributed by atoms with E-state index < -0.39 is 17.1 Å². The van der Waals surface area contributed by atoms with Crippen molar-refractivity contribution in [1.82, 2.24) is 0 Å². The third kappa shape index (κ3) is 16.6. The predicted octanol–water partition coefficient (Wildman–Crippen LogP) is 17.9. The van der Waals surface area contributed by atoms with Crippen LogP contribution in [0.3, 0.4) is 0 Å². The molecule has 0 amide bonds. The van der Waals surface area contributed by atoms with Gasteiger partial charge in [0, 0.05) is 51.3 Å². The van der Waals surface area contributed by atoms with Crippen LogP contribution in [0.5, 0.6) is 40.2 Å². The van der Waals surface area contributed by atoms with Crippen molar-refractivity contribution in [1.29, 1.82) is 0 Å². The molecule has 14 nitrogen and oxygen atoms in total. The number of ketones is 2. The summed E-state index contributed by atoms with van der Waals surface area (Å²) in [5.74, 6) is 0.798. The molecular formula is C70H54Br4O14. The molecule has 0 aliphatic heterocycles. The van der Waals surface area contributed by atoms with Crippen molar-refractivity contribution < 1.29 is 63.0 Å². The van der Waals surface area contributed by atoms with Gasteiger partial charge in [-0.25, -0.2) is 4.79 Å². The Labute approximate surface area is 539 Å². The molecule has 0 aliphatic carbocycles. The minimum Gasteiger partial charge on any atom is -0.507 e. The second kappa shape index (κ2) is 31.4. The number of phenolic OH excluding ortho intramolecular Hbond substituents is 2. The van der Waals surface area contributed by atoms with Crippen molar-refractivity contribution in [2.75, 3.05) is 28.4 Å². The van der Waals surface area contributed by atoms with E-state index in [-0.39, 0.29) is 34.4 Å². The van der Waals surface area contributed by atoms with E-state index in [4.69, 9.17) is 28.5 Å². The number of carboxylic acid groups (broad SMARTS) is 1. The van der Waals surface area contributed by atoms with Crippen LogP contribution in [0, 0.1) is 0 Å². The lowest BCUT2D eigenvalue weighted by Gasteiger charge is -2.11. The molecule has 11 rings (SSSR count). The Hall–Kier alpha value is -9.33. The Balaban J connectivity index is 0.000000163. The Morgan fingerprint density at radius 3 is 1.35 bits per heavy atom. The van der Waals surface area contributed by atoms with Crippen LogP contribution in [0.4, 0.5) is 0 Å². The topological polar surface area (TPSA) is 216 Å². The van der Waals surface area contributed by atoms with E-state index in [0.717, 1.165) is 68.3 Å². The van der Waals surface area contributed by atoms with Crippen molar-refractivity contribution in [3.63, 3.8) is 0 Å². The summed E-state index contributed by atoms with van der Waals surface area (Å²) in [7, 11) is 6.19. The Bertz CT molecular complexity index is 4520. The number of methoxy groups -OCH3 is 4. The normalized spacial score (nSPS) is 10.6. The van der Waals surface area contributed by atoms with Crippen LogP contribution in [0.15, 0.2) is 221 Å². The highest BCUT2D eigenvalue weighted by Crippen LogP contribution is 2.40. The van der Waals surface area contributed by atoms with Crippen molar-refractivity contribution >= 4 is 143 Å². The van der Waals surface area contributed by atoms with E-state index in [1.165, 1.54) is 33.3 Å². The van der Waals surface area contributed by atoms with Crippen LogP contribution in [0.2, 0.25) is 0 Å². The van der Waals surface area contributed by atoms with E-state index in [1.54, 1.807) is 87.0 Å². The van der Waals surface area contributed by atoms with Gasteiger partial charge in [0.05, 0.1) is 56.1 Å². The molecule has 0 bridgehead atoms. The summed E-state index contributed by atoms with van der Waals surface area (Å²) in [6, 6.07) is 54.5. The molecule has 18 heteroatoms. The molecule has 88 heavy (non-hydrogen) atoms. The standard InChI is InChI=1S/C20H13BrO4.C20H15BrO3.C12H10O2.C10H9BrO3.C8H7BrO2/c1-24-16-9-7-12(21)10-15(16)20-18(23)17(22)14-8-6-11-4-2-3-5-13(11)19(14)25-20;1-24-19-11-8-15(21)12-14(19)7-10-18(22)17-9-6-13-4-2-3-5-16(13)20(17)23;1-8(13)10-7-6-9-4-2-3-5-11(9)12(10)14;1-14-9-4-3-8(11)6-7(9)2-5-10(12)13;1-11-8-3-2-7(9)4-6(8)5-10/h2-10,23H,1H3;2-12,23H,1H3;2-7,14H,1H3;2-6H,1H3,(H,12,13);2-5H,1H3/b;10-7+;;5-2+;. The molecule has 0 unspecified atom stereocenters. The highest BCUT2D eigenvalue weighted by Gasteiger charge is 2.21. The summed E-state index contributed by atoms with van der Waals surface area (Å²) < 4.78 is 30.1. The number of carboxylic acids is 1. The van der Waals surface area contributed by atoms with Crippen LogP contribution >= 0.6 is 63.7 Å². The molecule has 4 N–H and O–H groups in total. The Morgan fingerprint density at radius 2 is 0.864 bits per heavy atom. The van der Waals surface area contributed by atoms with Gasteiger partial charge in [0.2, 0.25) is 11.2 Å². The highest BCUT2D eigenvalue weighted by atomic mass is 79.9. The fraction of sp³-hybridized carbons (Fsp3) is 0.0714. The largest absolute Gasteiger partial charge is 0.507 e. The first-order valence-corrected chi connectivity index (χ1v) is 29.5. The number of ether oxygens (including phenoxy) is 4. The van der Waals surface area contributed by atoms with Crippen LogP contribution in [-0.2, 0) is 4.79 Å². The van der Waals surface area contributed by atoms with Crippen LogP contribution in [0.25, 0.3) is 66.8 Å². The molecule has 10 aromatic carbocycles. The maximum atomic E-state index is 12.7. The third-order valence-electron chi connectivity index (χ3n) is 13.1. The second-order valence-electron chi connectivity index (χ2n) is 18.7. The van der Waals surface area contributed by atoms with Gasteiger partial charge in [-0.15, -0.1) is 0 Å². The molecule has 1 heterocycles. The fourth-order valence-corrected chi connectivity index (χ4v) is 10.3. The van der Waals surface area contributed by atoms with Crippen LogP contribution in [-0.4, -0.2) is 72.7 Å². The first-order valence-electron chi connectivity index (χ1n) is 26.3. The number of benzene rings is 10. The number of phenols is 2.